The Morgan fingerprint density at radius 3 is 2.61 bits per heavy atom. The van der Waals surface area contributed by atoms with Crippen LogP contribution in [-0.2, 0) is 4.79 Å². The number of hydrogen-bond acceptors (Lipinski definition) is 3. The van der Waals surface area contributed by atoms with E-state index in [9.17, 15) is 4.79 Å². The first-order valence-corrected chi connectivity index (χ1v) is 6.52. The minimum atomic E-state index is -0.226. The molecular weight excluding hydrogens is 226 g/mol. The molecule has 2 N–H and O–H groups in total. The predicted molar refractivity (Wildman–Crippen MR) is 73.1 cm³/mol. The van der Waals surface area contributed by atoms with Gasteiger partial charge in [-0.25, -0.2) is 0 Å². The molecule has 1 heterocycles. The van der Waals surface area contributed by atoms with Gasteiger partial charge in [0.1, 0.15) is 0 Å². The number of hydrogen-bond donors (Lipinski definition) is 2. The van der Waals surface area contributed by atoms with Gasteiger partial charge < -0.3 is 5.32 Å². The Balaban J connectivity index is 2.49. The van der Waals surface area contributed by atoms with Crippen molar-refractivity contribution in [3.63, 3.8) is 0 Å². The van der Waals surface area contributed by atoms with E-state index >= 15 is 0 Å². The molecule has 0 saturated heterocycles. The summed E-state index contributed by atoms with van der Waals surface area (Å²) >= 11 is 0. The van der Waals surface area contributed by atoms with Gasteiger partial charge in [0.25, 0.3) is 0 Å². The van der Waals surface area contributed by atoms with Gasteiger partial charge in [-0.1, -0.05) is 13.0 Å². The average Bonchev–Trinajstić information content (AvgIpc) is 2.39. The molecular formula is C14H23N3O. The Morgan fingerprint density at radius 2 is 2.06 bits per heavy atom. The summed E-state index contributed by atoms with van der Waals surface area (Å²) in [5, 5.41) is 6.22. The second kappa shape index (κ2) is 7.11. The number of carbonyl (C=O) groups is 1. The quantitative estimate of drug-likeness (QED) is 0.811. The highest BCUT2D eigenvalue weighted by Crippen LogP contribution is 2.08. The van der Waals surface area contributed by atoms with E-state index in [0.717, 1.165) is 12.1 Å². The van der Waals surface area contributed by atoms with Gasteiger partial charge in [0.15, 0.2) is 0 Å². The summed E-state index contributed by atoms with van der Waals surface area (Å²) in [6.07, 6.45) is 2.70. The van der Waals surface area contributed by atoms with Crippen LogP contribution >= 0.6 is 0 Å². The Morgan fingerprint density at radius 1 is 1.33 bits per heavy atom. The van der Waals surface area contributed by atoms with Crippen LogP contribution < -0.4 is 10.6 Å². The average molecular weight is 249 g/mol. The lowest BCUT2D eigenvalue weighted by atomic mass is 10.1. The molecule has 3 atom stereocenters. The van der Waals surface area contributed by atoms with Crippen molar-refractivity contribution < 1.29 is 4.79 Å². The molecule has 0 aliphatic carbocycles. The zero-order valence-corrected chi connectivity index (χ0v) is 11.6. The number of carbonyl (C=O) groups excluding carboxylic acids is 1. The first-order chi connectivity index (χ1) is 8.54. The van der Waals surface area contributed by atoms with E-state index < -0.39 is 0 Å². The number of rotatable bonds is 6. The molecule has 0 aliphatic heterocycles. The molecule has 1 aromatic rings. The fraction of sp³-hybridized carbons (Fsp3) is 0.571. The largest absolute Gasteiger partial charge is 0.352 e. The van der Waals surface area contributed by atoms with Gasteiger partial charge >= 0.3 is 0 Å². The van der Waals surface area contributed by atoms with Crippen molar-refractivity contribution in [3.05, 3.63) is 30.1 Å². The van der Waals surface area contributed by atoms with Gasteiger partial charge in [0, 0.05) is 18.3 Å². The van der Waals surface area contributed by atoms with Gasteiger partial charge in [0.05, 0.1) is 11.7 Å². The minimum absolute atomic E-state index is 0.0344. The zero-order valence-electron chi connectivity index (χ0n) is 11.6. The molecule has 100 valence electrons. The summed E-state index contributed by atoms with van der Waals surface area (Å²) in [5.74, 6) is 0.0344. The van der Waals surface area contributed by atoms with E-state index in [0.29, 0.717) is 0 Å². The minimum Gasteiger partial charge on any atom is -0.352 e. The molecule has 0 saturated carbocycles. The lowest BCUT2D eigenvalue weighted by Crippen LogP contribution is -2.46. The maximum atomic E-state index is 11.9. The Labute approximate surface area is 109 Å². The summed E-state index contributed by atoms with van der Waals surface area (Å²) in [6, 6.07) is 5.84. The summed E-state index contributed by atoms with van der Waals surface area (Å²) < 4.78 is 0. The van der Waals surface area contributed by atoms with E-state index in [1.807, 2.05) is 39.0 Å². The molecule has 0 bridgehead atoms. The topological polar surface area (TPSA) is 54.0 Å². The lowest BCUT2D eigenvalue weighted by molar-refractivity contribution is -0.123. The molecule has 0 spiro atoms. The van der Waals surface area contributed by atoms with Crippen molar-refractivity contribution in [1.29, 1.82) is 0 Å². The molecule has 4 nitrogen and oxygen atoms in total. The van der Waals surface area contributed by atoms with Gasteiger partial charge in [0.2, 0.25) is 5.91 Å². The summed E-state index contributed by atoms with van der Waals surface area (Å²) in [4.78, 5) is 16.2. The monoisotopic (exact) mass is 249 g/mol. The van der Waals surface area contributed by atoms with E-state index in [1.165, 1.54) is 0 Å². The summed E-state index contributed by atoms with van der Waals surface area (Å²) in [6.45, 7) is 7.94. The first kappa shape index (κ1) is 14.6. The highest BCUT2D eigenvalue weighted by Gasteiger charge is 2.17. The highest BCUT2D eigenvalue weighted by molar-refractivity contribution is 5.81. The molecule has 0 aromatic carbocycles. The van der Waals surface area contributed by atoms with E-state index in [-0.39, 0.29) is 24.0 Å². The van der Waals surface area contributed by atoms with Gasteiger partial charge in [-0.15, -0.1) is 0 Å². The zero-order chi connectivity index (χ0) is 13.5. The van der Waals surface area contributed by atoms with Gasteiger partial charge in [-0.3, -0.25) is 15.1 Å². The molecule has 0 aliphatic rings. The van der Waals surface area contributed by atoms with Crippen LogP contribution in [0.5, 0.6) is 0 Å². The van der Waals surface area contributed by atoms with Crippen LogP contribution in [0.1, 0.15) is 45.9 Å². The van der Waals surface area contributed by atoms with Crippen LogP contribution in [0.2, 0.25) is 0 Å². The fourth-order valence-corrected chi connectivity index (χ4v) is 1.64. The number of pyridine rings is 1. The molecule has 1 rings (SSSR count). The van der Waals surface area contributed by atoms with Crippen LogP contribution in [0, 0.1) is 0 Å². The number of aromatic nitrogens is 1. The number of nitrogens with one attached hydrogen (secondary N) is 2. The molecule has 0 fully saturated rings. The third kappa shape index (κ3) is 4.45. The summed E-state index contributed by atoms with van der Waals surface area (Å²) in [5.41, 5.74) is 0.945. The van der Waals surface area contributed by atoms with E-state index in [2.05, 4.69) is 22.5 Å². The van der Waals surface area contributed by atoms with Crippen LogP contribution in [0.15, 0.2) is 24.4 Å². The van der Waals surface area contributed by atoms with Gasteiger partial charge in [-0.05, 0) is 39.3 Å². The molecule has 18 heavy (non-hydrogen) atoms. The number of amides is 1. The van der Waals surface area contributed by atoms with Crippen molar-refractivity contribution in [2.75, 3.05) is 0 Å². The van der Waals surface area contributed by atoms with Crippen molar-refractivity contribution in [1.82, 2.24) is 15.6 Å². The second-order valence-corrected chi connectivity index (χ2v) is 4.68. The van der Waals surface area contributed by atoms with E-state index in [1.54, 1.807) is 6.20 Å². The second-order valence-electron chi connectivity index (χ2n) is 4.68. The predicted octanol–water partition coefficient (Wildman–Crippen LogP) is 2.04. The Kier molecular flexibility index (Phi) is 5.78. The standard InChI is InChI=1S/C14H23N3O/c1-5-10(2)16-14(18)12(4)17-11(3)13-8-6-7-9-15-13/h6-12,17H,5H2,1-4H3,(H,16,18). The van der Waals surface area contributed by atoms with E-state index in [4.69, 9.17) is 0 Å². The molecule has 1 amide bonds. The Hall–Kier alpha value is -1.42. The molecule has 3 unspecified atom stereocenters. The number of nitrogens with zero attached hydrogens (tertiary/aromatic N) is 1. The van der Waals surface area contributed by atoms with Crippen LogP contribution in [0.4, 0.5) is 0 Å². The summed E-state index contributed by atoms with van der Waals surface area (Å²) in [7, 11) is 0. The van der Waals surface area contributed by atoms with Crippen LogP contribution in [0.3, 0.4) is 0 Å². The van der Waals surface area contributed by atoms with Crippen molar-refractivity contribution in [2.24, 2.45) is 0 Å². The Bertz CT molecular complexity index is 367. The molecule has 1 aromatic heterocycles. The van der Waals surface area contributed by atoms with Crippen LogP contribution in [-0.4, -0.2) is 23.0 Å². The molecule has 0 radical (unpaired) electrons. The fourth-order valence-electron chi connectivity index (χ4n) is 1.64. The van der Waals surface area contributed by atoms with Crippen molar-refractivity contribution >= 4 is 5.91 Å². The third-order valence-electron chi connectivity index (χ3n) is 3.03. The maximum Gasteiger partial charge on any atom is 0.237 e. The third-order valence-corrected chi connectivity index (χ3v) is 3.03. The lowest BCUT2D eigenvalue weighted by Gasteiger charge is -2.21. The molecule has 4 heteroatoms. The maximum absolute atomic E-state index is 11.9. The van der Waals surface area contributed by atoms with Gasteiger partial charge in [-0.2, -0.15) is 0 Å². The van der Waals surface area contributed by atoms with Crippen LogP contribution in [0.25, 0.3) is 0 Å². The SMILES string of the molecule is CCC(C)NC(=O)C(C)NC(C)c1ccccn1. The first-order valence-electron chi connectivity index (χ1n) is 6.52. The smallest absolute Gasteiger partial charge is 0.237 e. The van der Waals surface area contributed by atoms with Crippen molar-refractivity contribution in [3.8, 4) is 0 Å². The van der Waals surface area contributed by atoms with Crippen molar-refractivity contribution in [2.45, 2.75) is 52.2 Å². The highest BCUT2D eigenvalue weighted by atomic mass is 16.2. The normalized spacial score (nSPS) is 15.8.